The summed E-state index contributed by atoms with van der Waals surface area (Å²) in [5.74, 6) is 2.74. The zero-order valence-corrected chi connectivity index (χ0v) is 11.6. The van der Waals surface area contributed by atoms with E-state index in [9.17, 15) is 0 Å². The van der Waals surface area contributed by atoms with Crippen molar-refractivity contribution in [1.29, 1.82) is 0 Å². The van der Waals surface area contributed by atoms with Crippen LogP contribution in [0.3, 0.4) is 0 Å². The van der Waals surface area contributed by atoms with E-state index in [2.05, 4.69) is 34.1 Å². The van der Waals surface area contributed by atoms with Gasteiger partial charge in [0.15, 0.2) is 0 Å². The molecule has 1 aromatic rings. The summed E-state index contributed by atoms with van der Waals surface area (Å²) in [4.78, 5) is 0. The molecule has 1 nitrogen and oxygen atoms in total. The predicted molar refractivity (Wildman–Crippen MR) is 73.5 cm³/mol. The Bertz CT molecular complexity index is 384. The molecule has 3 heteroatoms. The molecule has 1 rings (SSSR count). The summed E-state index contributed by atoms with van der Waals surface area (Å²) in [6, 6.07) is 5.94. The maximum Gasteiger partial charge on any atom is 0.0689 e. The van der Waals surface area contributed by atoms with Crippen molar-refractivity contribution in [3.8, 4) is 12.3 Å². The summed E-state index contributed by atoms with van der Waals surface area (Å²) in [5.41, 5.74) is 1.06. The fourth-order valence-electron chi connectivity index (χ4n) is 1.44. The minimum absolute atomic E-state index is 0.125. The van der Waals surface area contributed by atoms with E-state index in [1.165, 1.54) is 0 Å². The molecule has 0 saturated carbocycles. The first-order chi connectivity index (χ1) is 7.67. The third-order valence-electron chi connectivity index (χ3n) is 2.33. The van der Waals surface area contributed by atoms with Gasteiger partial charge in [0.25, 0.3) is 0 Å². The quantitative estimate of drug-likeness (QED) is 0.811. The highest BCUT2D eigenvalue weighted by Crippen LogP contribution is 2.20. The Balaban J connectivity index is 2.60. The molecule has 1 unspecified atom stereocenters. The average Bonchev–Trinajstić information content (AvgIpc) is 2.28. The van der Waals surface area contributed by atoms with Gasteiger partial charge < -0.3 is 0 Å². The number of hydrogen-bond acceptors (Lipinski definition) is 1. The largest absolute Gasteiger partial charge is 0.300 e. The van der Waals surface area contributed by atoms with Crippen LogP contribution in [-0.4, -0.2) is 6.04 Å². The van der Waals surface area contributed by atoms with Gasteiger partial charge in [0, 0.05) is 16.0 Å². The van der Waals surface area contributed by atoms with Gasteiger partial charge in [0.1, 0.15) is 0 Å². The monoisotopic (exact) mass is 299 g/mol. The van der Waals surface area contributed by atoms with Crippen LogP contribution >= 0.6 is 27.5 Å². The van der Waals surface area contributed by atoms with E-state index in [1.807, 2.05) is 18.2 Å². The number of halogens is 2. The molecule has 0 spiro atoms. The number of rotatable bonds is 5. The summed E-state index contributed by atoms with van der Waals surface area (Å²) in [5, 5.41) is 4.08. The summed E-state index contributed by atoms with van der Waals surface area (Å²) in [6.07, 6.45) is 7.50. The SMILES string of the molecule is C#CC(CCC)NCc1cc(Br)ccc1Cl. The Morgan fingerprint density at radius 2 is 2.31 bits per heavy atom. The Kier molecular flexibility index (Phi) is 5.90. The van der Waals surface area contributed by atoms with Crippen LogP contribution in [0.5, 0.6) is 0 Å². The van der Waals surface area contributed by atoms with Gasteiger partial charge in [0.2, 0.25) is 0 Å². The minimum Gasteiger partial charge on any atom is -0.300 e. The second-order valence-corrected chi connectivity index (χ2v) is 4.95. The van der Waals surface area contributed by atoms with Crippen LogP contribution < -0.4 is 5.32 Å². The molecular formula is C13H15BrClN. The van der Waals surface area contributed by atoms with Crippen molar-refractivity contribution in [3.63, 3.8) is 0 Å². The Morgan fingerprint density at radius 3 is 2.94 bits per heavy atom. The van der Waals surface area contributed by atoms with Gasteiger partial charge in [0.05, 0.1) is 6.04 Å². The number of benzene rings is 1. The lowest BCUT2D eigenvalue weighted by Crippen LogP contribution is -2.26. The van der Waals surface area contributed by atoms with Crippen molar-refractivity contribution >= 4 is 27.5 Å². The molecule has 0 fully saturated rings. The lowest BCUT2D eigenvalue weighted by Gasteiger charge is -2.12. The molecule has 0 bridgehead atoms. The zero-order valence-electron chi connectivity index (χ0n) is 9.26. The molecule has 0 saturated heterocycles. The van der Waals surface area contributed by atoms with Crippen LogP contribution in [0.25, 0.3) is 0 Å². The van der Waals surface area contributed by atoms with Gasteiger partial charge in [-0.2, -0.15) is 0 Å². The summed E-state index contributed by atoms with van der Waals surface area (Å²) in [6.45, 7) is 2.82. The molecule has 1 atom stereocenters. The highest BCUT2D eigenvalue weighted by atomic mass is 79.9. The first kappa shape index (κ1) is 13.6. The van der Waals surface area contributed by atoms with Crippen LogP contribution in [0.4, 0.5) is 0 Å². The zero-order chi connectivity index (χ0) is 12.0. The van der Waals surface area contributed by atoms with Crippen molar-refractivity contribution in [1.82, 2.24) is 5.32 Å². The van der Waals surface area contributed by atoms with Crippen molar-refractivity contribution in [2.45, 2.75) is 32.4 Å². The fraction of sp³-hybridized carbons (Fsp3) is 0.385. The molecular weight excluding hydrogens is 286 g/mol. The molecule has 0 aliphatic heterocycles. The van der Waals surface area contributed by atoms with Crippen molar-refractivity contribution in [2.75, 3.05) is 0 Å². The van der Waals surface area contributed by atoms with Gasteiger partial charge in [-0.1, -0.05) is 46.8 Å². The molecule has 0 amide bonds. The standard InChI is InChI=1S/C13H15BrClN/c1-3-5-12(4-2)16-9-10-8-11(14)6-7-13(10)15/h2,6-8,12,16H,3,5,9H2,1H3. The Labute approximate surface area is 111 Å². The molecule has 16 heavy (non-hydrogen) atoms. The Morgan fingerprint density at radius 1 is 1.56 bits per heavy atom. The lowest BCUT2D eigenvalue weighted by atomic mass is 10.1. The van der Waals surface area contributed by atoms with Crippen LogP contribution in [0.2, 0.25) is 5.02 Å². The van der Waals surface area contributed by atoms with Gasteiger partial charge in [-0.3, -0.25) is 5.32 Å². The highest BCUT2D eigenvalue weighted by molar-refractivity contribution is 9.10. The van der Waals surface area contributed by atoms with Gasteiger partial charge in [-0.15, -0.1) is 6.42 Å². The summed E-state index contributed by atoms with van der Waals surface area (Å²) >= 11 is 9.51. The van der Waals surface area contributed by atoms with E-state index >= 15 is 0 Å². The molecule has 0 heterocycles. The number of terminal acetylenes is 1. The van der Waals surface area contributed by atoms with E-state index in [0.717, 1.165) is 27.9 Å². The van der Waals surface area contributed by atoms with E-state index in [4.69, 9.17) is 18.0 Å². The maximum atomic E-state index is 6.09. The van der Waals surface area contributed by atoms with E-state index < -0.39 is 0 Å². The van der Waals surface area contributed by atoms with E-state index in [-0.39, 0.29) is 6.04 Å². The predicted octanol–water partition coefficient (Wildman–Crippen LogP) is 3.99. The first-order valence-electron chi connectivity index (χ1n) is 5.30. The Hall–Kier alpha value is -0.490. The second-order valence-electron chi connectivity index (χ2n) is 3.62. The topological polar surface area (TPSA) is 12.0 Å². The molecule has 0 radical (unpaired) electrons. The minimum atomic E-state index is 0.125. The smallest absolute Gasteiger partial charge is 0.0689 e. The normalized spacial score (nSPS) is 12.1. The van der Waals surface area contributed by atoms with Gasteiger partial charge in [-0.05, 0) is 30.2 Å². The maximum absolute atomic E-state index is 6.09. The lowest BCUT2D eigenvalue weighted by molar-refractivity contribution is 0.563. The average molecular weight is 301 g/mol. The fourth-order valence-corrected chi connectivity index (χ4v) is 2.04. The second kappa shape index (κ2) is 6.96. The van der Waals surface area contributed by atoms with Crippen molar-refractivity contribution in [3.05, 3.63) is 33.3 Å². The number of hydrogen-bond donors (Lipinski definition) is 1. The third kappa shape index (κ3) is 4.17. The van der Waals surface area contributed by atoms with Crippen LogP contribution in [-0.2, 0) is 6.54 Å². The highest BCUT2D eigenvalue weighted by Gasteiger charge is 2.05. The third-order valence-corrected chi connectivity index (χ3v) is 3.19. The number of nitrogens with one attached hydrogen (secondary N) is 1. The van der Waals surface area contributed by atoms with Gasteiger partial charge in [-0.25, -0.2) is 0 Å². The van der Waals surface area contributed by atoms with Crippen LogP contribution in [0, 0.1) is 12.3 Å². The summed E-state index contributed by atoms with van der Waals surface area (Å²) in [7, 11) is 0. The van der Waals surface area contributed by atoms with Crippen LogP contribution in [0.1, 0.15) is 25.3 Å². The van der Waals surface area contributed by atoms with Gasteiger partial charge >= 0.3 is 0 Å². The first-order valence-corrected chi connectivity index (χ1v) is 6.48. The molecule has 1 aromatic carbocycles. The molecule has 86 valence electrons. The van der Waals surface area contributed by atoms with E-state index in [1.54, 1.807) is 0 Å². The summed E-state index contributed by atoms with van der Waals surface area (Å²) < 4.78 is 1.03. The molecule has 0 aliphatic carbocycles. The van der Waals surface area contributed by atoms with Crippen molar-refractivity contribution < 1.29 is 0 Å². The molecule has 0 aromatic heterocycles. The molecule has 1 N–H and O–H groups in total. The van der Waals surface area contributed by atoms with E-state index in [0.29, 0.717) is 6.54 Å². The van der Waals surface area contributed by atoms with Crippen LogP contribution in [0.15, 0.2) is 22.7 Å². The van der Waals surface area contributed by atoms with Crippen molar-refractivity contribution in [2.24, 2.45) is 0 Å². The molecule has 0 aliphatic rings.